The van der Waals surface area contributed by atoms with Gasteiger partial charge in [0.25, 0.3) is 0 Å². The summed E-state index contributed by atoms with van der Waals surface area (Å²) in [6.07, 6.45) is 9.19. The third kappa shape index (κ3) is 6.09. The van der Waals surface area contributed by atoms with Gasteiger partial charge in [0.1, 0.15) is 17.7 Å². The number of methoxy groups -OCH3 is 2. The molecule has 204 valence electrons. The average molecular weight is 523 g/mol. The minimum Gasteiger partial charge on any atom is -0.495 e. The molecule has 0 bridgehead atoms. The van der Waals surface area contributed by atoms with Crippen molar-refractivity contribution in [1.82, 2.24) is 14.4 Å². The van der Waals surface area contributed by atoms with Crippen molar-refractivity contribution in [3.63, 3.8) is 0 Å². The largest absolute Gasteiger partial charge is 0.495 e. The Kier molecular flexibility index (Phi) is 8.86. The monoisotopic (exact) mass is 522 g/mol. The second-order valence-corrected chi connectivity index (χ2v) is 10.1. The standard InChI is InChI=1S/C29H38N4O5/c1-6-7-18(2)38-29(35)31-23-13-12-22(17-24(23)36-4)26-27-19(3)30-14-15-33(27)28(32-26)21-10-8-20(9-11-21)16-25(34)37-5/h12-15,17-18,20-21H,6-11,16H2,1-5H3,(H,31,35)/t18-,20?,21?/m0/s1. The molecule has 1 aromatic carbocycles. The maximum absolute atomic E-state index is 12.4. The van der Waals surface area contributed by atoms with Crippen LogP contribution in [0.3, 0.4) is 0 Å². The lowest BCUT2D eigenvalue weighted by atomic mass is 9.80. The van der Waals surface area contributed by atoms with Crippen LogP contribution in [-0.2, 0) is 14.3 Å². The fraction of sp³-hybridized carbons (Fsp3) is 0.517. The van der Waals surface area contributed by atoms with Crippen molar-refractivity contribution in [3.8, 4) is 17.0 Å². The summed E-state index contributed by atoms with van der Waals surface area (Å²) in [6.45, 7) is 5.92. The van der Waals surface area contributed by atoms with Gasteiger partial charge in [0.05, 0.1) is 36.8 Å². The molecular formula is C29H38N4O5. The number of hydrogen-bond acceptors (Lipinski definition) is 7. The fourth-order valence-corrected chi connectivity index (χ4v) is 5.38. The van der Waals surface area contributed by atoms with Crippen LogP contribution in [0.2, 0.25) is 0 Å². The SMILES string of the molecule is CCC[C@H](C)OC(=O)Nc1ccc(-c2nc(C3CCC(CC(=O)OC)CC3)n3ccnc(C)c23)cc1OC. The topological polar surface area (TPSA) is 104 Å². The van der Waals surface area contributed by atoms with Crippen molar-refractivity contribution < 1.29 is 23.8 Å². The normalized spacial score (nSPS) is 18.1. The summed E-state index contributed by atoms with van der Waals surface area (Å²) in [7, 11) is 3.02. The van der Waals surface area contributed by atoms with Crippen molar-refractivity contribution in [2.24, 2.45) is 5.92 Å². The number of anilines is 1. The van der Waals surface area contributed by atoms with Crippen molar-refractivity contribution >= 4 is 23.3 Å². The van der Waals surface area contributed by atoms with E-state index in [1.807, 2.05) is 38.2 Å². The highest BCUT2D eigenvalue weighted by Crippen LogP contribution is 2.40. The van der Waals surface area contributed by atoms with E-state index in [4.69, 9.17) is 19.2 Å². The first-order valence-corrected chi connectivity index (χ1v) is 13.4. The molecule has 1 aliphatic rings. The van der Waals surface area contributed by atoms with Crippen molar-refractivity contribution in [2.45, 2.75) is 77.7 Å². The first kappa shape index (κ1) is 27.4. The molecule has 9 heteroatoms. The number of carbonyl (C=O) groups is 2. The number of fused-ring (bicyclic) bond motifs is 1. The first-order valence-electron chi connectivity index (χ1n) is 13.4. The van der Waals surface area contributed by atoms with Crippen LogP contribution in [0.1, 0.15) is 76.2 Å². The number of hydrogen-bond donors (Lipinski definition) is 1. The lowest BCUT2D eigenvalue weighted by molar-refractivity contribution is -0.142. The van der Waals surface area contributed by atoms with Gasteiger partial charge in [0.15, 0.2) is 0 Å². The lowest BCUT2D eigenvalue weighted by Crippen LogP contribution is -2.20. The zero-order valence-corrected chi connectivity index (χ0v) is 23.0. The minimum absolute atomic E-state index is 0.140. The number of rotatable bonds is 9. The quantitative estimate of drug-likeness (QED) is 0.329. The highest BCUT2D eigenvalue weighted by atomic mass is 16.6. The van der Waals surface area contributed by atoms with Crippen molar-refractivity contribution in [3.05, 3.63) is 42.1 Å². The number of esters is 1. The Morgan fingerprint density at radius 2 is 1.95 bits per heavy atom. The van der Waals surface area contributed by atoms with Crippen molar-refractivity contribution in [1.29, 1.82) is 0 Å². The van der Waals surface area contributed by atoms with Crippen LogP contribution in [0.5, 0.6) is 5.75 Å². The van der Waals surface area contributed by atoms with Crippen LogP contribution in [0.15, 0.2) is 30.6 Å². The molecular weight excluding hydrogens is 484 g/mol. The molecule has 0 unspecified atom stereocenters. The van der Waals surface area contributed by atoms with Gasteiger partial charge in [-0.05, 0) is 64.0 Å². The maximum atomic E-state index is 12.4. The average Bonchev–Trinajstić information content (AvgIpc) is 3.30. The Labute approximate surface area is 223 Å². The highest BCUT2D eigenvalue weighted by molar-refractivity contribution is 5.89. The van der Waals surface area contributed by atoms with E-state index in [0.717, 1.165) is 66.8 Å². The Bertz CT molecular complexity index is 1280. The van der Waals surface area contributed by atoms with Gasteiger partial charge in [0.2, 0.25) is 0 Å². The van der Waals surface area contributed by atoms with Gasteiger partial charge in [-0.1, -0.05) is 19.4 Å². The molecule has 0 radical (unpaired) electrons. The Hall–Kier alpha value is -3.62. The van der Waals surface area contributed by atoms with E-state index in [2.05, 4.69) is 21.6 Å². The van der Waals surface area contributed by atoms with Gasteiger partial charge in [-0.3, -0.25) is 19.5 Å². The van der Waals surface area contributed by atoms with Crippen LogP contribution in [0.25, 0.3) is 16.8 Å². The number of aromatic nitrogens is 3. The van der Waals surface area contributed by atoms with E-state index < -0.39 is 6.09 Å². The molecule has 0 aliphatic heterocycles. The number of imidazole rings is 1. The molecule has 4 rings (SSSR count). The molecule has 1 amide bonds. The Morgan fingerprint density at radius 3 is 2.63 bits per heavy atom. The zero-order chi connectivity index (χ0) is 27.2. The molecule has 1 aliphatic carbocycles. The van der Waals surface area contributed by atoms with Gasteiger partial charge in [0, 0.05) is 30.3 Å². The highest BCUT2D eigenvalue weighted by Gasteiger charge is 2.29. The van der Waals surface area contributed by atoms with Gasteiger partial charge in [-0.15, -0.1) is 0 Å². The predicted octanol–water partition coefficient (Wildman–Crippen LogP) is 6.29. The smallest absolute Gasteiger partial charge is 0.412 e. The van der Waals surface area contributed by atoms with E-state index >= 15 is 0 Å². The first-order chi connectivity index (χ1) is 18.3. The number of nitrogens with one attached hydrogen (secondary N) is 1. The Morgan fingerprint density at radius 1 is 1.18 bits per heavy atom. The molecule has 2 aromatic heterocycles. The fourth-order valence-electron chi connectivity index (χ4n) is 5.38. The Balaban J connectivity index is 1.60. The van der Waals surface area contributed by atoms with E-state index in [9.17, 15) is 9.59 Å². The summed E-state index contributed by atoms with van der Waals surface area (Å²) >= 11 is 0. The van der Waals surface area contributed by atoms with E-state index in [1.165, 1.54) is 7.11 Å². The van der Waals surface area contributed by atoms with Gasteiger partial charge >= 0.3 is 12.1 Å². The second kappa shape index (κ2) is 12.3. The van der Waals surface area contributed by atoms with Crippen LogP contribution in [0, 0.1) is 12.8 Å². The molecule has 0 saturated heterocycles. The number of carbonyl (C=O) groups excluding carboxylic acids is 2. The number of ether oxygens (including phenoxy) is 3. The molecule has 3 aromatic rings. The van der Waals surface area contributed by atoms with Crippen LogP contribution in [-0.4, -0.2) is 46.8 Å². The number of amides is 1. The molecule has 9 nitrogen and oxygen atoms in total. The van der Waals surface area contributed by atoms with E-state index in [1.54, 1.807) is 13.3 Å². The predicted molar refractivity (Wildman–Crippen MR) is 146 cm³/mol. The molecule has 0 spiro atoms. The third-order valence-corrected chi connectivity index (χ3v) is 7.38. The molecule has 1 atom stereocenters. The summed E-state index contributed by atoms with van der Waals surface area (Å²) < 4.78 is 18.1. The third-order valence-electron chi connectivity index (χ3n) is 7.38. The summed E-state index contributed by atoms with van der Waals surface area (Å²) in [5.74, 6) is 2.03. The summed E-state index contributed by atoms with van der Waals surface area (Å²) in [4.78, 5) is 33.8. The van der Waals surface area contributed by atoms with Gasteiger partial charge in [-0.2, -0.15) is 0 Å². The minimum atomic E-state index is -0.505. The van der Waals surface area contributed by atoms with Crippen LogP contribution in [0.4, 0.5) is 10.5 Å². The lowest BCUT2D eigenvalue weighted by Gasteiger charge is -2.27. The number of aryl methyl sites for hydroxylation is 1. The van der Waals surface area contributed by atoms with Crippen LogP contribution < -0.4 is 10.1 Å². The summed E-state index contributed by atoms with van der Waals surface area (Å²) in [5.41, 5.74) is 4.07. The molecule has 2 heterocycles. The molecule has 1 saturated carbocycles. The molecule has 1 N–H and O–H groups in total. The second-order valence-electron chi connectivity index (χ2n) is 10.1. The molecule has 1 fully saturated rings. The van der Waals surface area contributed by atoms with Gasteiger partial charge in [-0.25, -0.2) is 9.78 Å². The maximum Gasteiger partial charge on any atom is 0.412 e. The molecule has 38 heavy (non-hydrogen) atoms. The van der Waals surface area contributed by atoms with Crippen LogP contribution >= 0.6 is 0 Å². The summed E-state index contributed by atoms with van der Waals surface area (Å²) in [5, 5.41) is 2.80. The van der Waals surface area contributed by atoms with Crippen molar-refractivity contribution in [2.75, 3.05) is 19.5 Å². The zero-order valence-electron chi connectivity index (χ0n) is 23.0. The van der Waals surface area contributed by atoms with E-state index in [-0.39, 0.29) is 18.0 Å². The summed E-state index contributed by atoms with van der Waals surface area (Å²) in [6, 6.07) is 5.63. The number of nitrogens with zero attached hydrogens (tertiary/aromatic N) is 3. The van der Waals surface area contributed by atoms with Gasteiger partial charge < -0.3 is 14.2 Å². The number of benzene rings is 1. The van der Waals surface area contributed by atoms with E-state index in [0.29, 0.717) is 23.8 Å².